The van der Waals surface area contributed by atoms with Crippen molar-refractivity contribution in [1.29, 1.82) is 0 Å². The summed E-state index contributed by atoms with van der Waals surface area (Å²) < 4.78 is 0. The van der Waals surface area contributed by atoms with Gasteiger partial charge in [0.05, 0.1) is 0 Å². The third-order valence-electron chi connectivity index (χ3n) is 3.04. The van der Waals surface area contributed by atoms with Crippen LogP contribution in [0.5, 0.6) is 0 Å². The van der Waals surface area contributed by atoms with E-state index in [9.17, 15) is 0 Å². The van der Waals surface area contributed by atoms with E-state index in [1.54, 1.807) is 0 Å². The summed E-state index contributed by atoms with van der Waals surface area (Å²) in [5.74, 6) is 0. The van der Waals surface area contributed by atoms with Gasteiger partial charge >= 0.3 is 0 Å². The number of benzene rings is 2. The van der Waals surface area contributed by atoms with Gasteiger partial charge in [0.15, 0.2) is 0 Å². The number of hydrogen-bond donors (Lipinski definition) is 1. The Kier molecular flexibility index (Phi) is 4.00. The first-order valence-corrected chi connectivity index (χ1v) is 6.22. The van der Waals surface area contributed by atoms with Crippen molar-refractivity contribution in [2.75, 3.05) is 26.0 Å². The molecule has 0 fully saturated rings. The number of rotatable bonds is 4. The van der Waals surface area contributed by atoms with Gasteiger partial charge in [-0.3, -0.25) is 0 Å². The molecule has 0 unspecified atom stereocenters. The molecule has 0 saturated carbocycles. The Balaban J connectivity index is 2.43. The van der Waals surface area contributed by atoms with Crippen LogP contribution in [0.15, 0.2) is 48.5 Å². The zero-order valence-electron chi connectivity index (χ0n) is 11.3. The average Bonchev–Trinajstić information content (AvgIpc) is 2.40. The molecule has 0 radical (unpaired) electrons. The molecule has 94 valence electrons. The van der Waals surface area contributed by atoms with Gasteiger partial charge in [0.1, 0.15) is 0 Å². The minimum Gasteiger partial charge on any atom is -0.377 e. The van der Waals surface area contributed by atoms with Gasteiger partial charge in [0, 0.05) is 26.3 Å². The SMILES string of the molecule is CNCc1ccc(-c2ccccc2)cc1N(C)C. The number of nitrogens with one attached hydrogen (secondary N) is 1. The molecule has 0 atom stereocenters. The van der Waals surface area contributed by atoms with Crippen LogP contribution >= 0.6 is 0 Å². The molecule has 2 rings (SSSR count). The fraction of sp³-hybridized carbons (Fsp3) is 0.250. The van der Waals surface area contributed by atoms with Crippen LogP contribution in [-0.4, -0.2) is 21.1 Å². The fourth-order valence-corrected chi connectivity index (χ4v) is 2.13. The maximum absolute atomic E-state index is 3.21. The summed E-state index contributed by atoms with van der Waals surface area (Å²) in [5, 5.41) is 3.21. The van der Waals surface area contributed by atoms with E-state index < -0.39 is 0 Å². The second-order valence-corrected chi connectivity index (χ2v) is 4.63. The molecule has 2 heteroatoms. The lowest BCUT2D eigenvalue weighted by Crippen LogP contribution is -2.14. The van der Waals surface area contributed by atoms with Crippen LogP contribution in [-0.2, 0) is 6.54 Å². The maximum atomic E-state index is 3.21. The molecule has 0 aliphatic rings. The van der Waals surface area contributed by atoms with E-state index in [0.29, 0.717) is 0 Å². The van der Waals surface area contributed by atoms with E-state index in [4.69, 9.17) is 0 Å². The molecule has 0 aromatic heterocycles. The summed E-state index contributed by atoms with van der Waals surface area (Å²) in [5.41, 5.74) is 5.11. The molecule has 0 aliphatic heterocycles. The summed E-state index contributed by atoms with van der Waals surface area (Å²) in [6.07, 6.45) is 0. The average molecular weight is 240 g/mol. The van der Waals surface area contributed by atoms with E-state index >= 15 is 0 Å². The molecule has 2 nitrogen and oxygen atoms in total. The molecule has 2 aromatic carbocycles. The predicted molar refractivity (Wildman–Crippen MR) is 79.0 cm³/mol. The highest BCUT2D eigenvalue weighted by atomic mass is 15.1. The van der Waals surface area contributed by atoms with E-state index in [1.165, 1.54) is 22.4 Å². The minimum atomic E-state index is 0.891. The van der Waals surface area contributed by atoms with Crippen molar-refractivity contribution >= 4 is 5.69 Å². The van der Waals surface area contributed by atoms with Crippen LogP contribution in [0.2, 0.25) is 0 Å². The smallest absolute Gasteiger partial charge is 0.0412 e. The lowest BCUT2D eigenvalue weighted by Gasteiger charge is -2.19. The van der Waals surface area contributed by atoms with E-state index in [-0.39, 0.29) is 0 Å². The quantitative estimate of drug-likeness (QED) is 0.883. The summed E-state index contributed by atoms with van der Waals surface area (Å²) in [4.78, 5) is 2.17. The molecular formula is C16H20N2. The van der Waals surface area contributed by atoms with E-state index in [1.807, 2.05) is 13.1 Å². The van der Waals surface area contributed by atoms with Gasteiger partial charge in [-0.2, -0.15) is 0 Å². The Morgan fingerprint density at radius 1 is 0.944 bits per heavy atom. The van der Waals surface area contributed by atoms with Gasteiger partial charge in [-0.1, -0.05) is 42.5 Å². The molecule has 18 heavy (non-hydrogen) atoms. The van der Waals surface area contributed by atoms with Gasteiger partial charge in [0.25, 0.3) is 0 Å². The third-order valence-corrected chi connectivity index (χ3v) is 3.04. The van der Waals surface area contributed by atoms with Crippen molar-refractivity contribution in [3.05, 3.63) is 54.1 Å². The lowest BCUT2D eigenvalue weighted by atomic mass is 10.0. The lowest BCUT2D eigenvalue weighted by molar-refractivity contribution is 0.814. The van der Waals surface area contributed by atoms with E-state index in [0.717, 1.165) is 6.54 Å². The first-order valence-electron chi connectivity index (χ1n) is 6.22. The molecule has 1 N–H and O–H groups in total. The fourth-order valence-electron chi connectivity index (χ4n) is 2.13. The van der Waals surface area contributed by atoms with Crippen LogP contribution in [0.1, 0.15) is 5.56 Å². The van der Waals surface area contributed by atoms with Crippen LogP contribution in [0, 0.1) is 0 Å². The van der Waals surface area contributed by atoms with Gasteiger partial charge < -0.3 is 10.2 Å². The normalized spacial score (nSPS) is 10.4. The van der Waals surface area contributed by atoms with Crippen LogP contribution in [0.3, 0.4) is 0 Å². The Morgan fingerprint density at radius 2 is 1.67 bits per heavy atom. The second-order valence-electron chi connectivity index (χ2n) is 4.63. The van der Waals surface area contributed by atoms with Gasteiger partial charge in [-0.25, -0.2) is 0 Å². The summed E-state index contributed by atoms with van der Waals surface area (Å²) >= 11 is 0. The Hall–Kier alpha value is -1.80. The molecule has 0 saturated heterocycles. The molecule has 0 heterocycles. The summed E-state index contributed by atoms with van der Waals surface area (Å²) in [6.45, 7) is 0.891. The number of anilines is 1. The van der Waals surface area contributed by atoms with E-state index in [2.05, 4.69) is 66.8 Å². The largest absolute Gasteiger partial charge is 0.377 e. The second kappa shape index (κ2) is 5.69. The topological polar surface area (TPSA) is 15.3 Å². The zero-order valence-corrected chi connectivity index (χ0v) is 11.3. The molecule has 0 bridgehead atoms. The number of nitrogens with zero attached hydrogens (tertiary/aromatic N) is 1. The minimum absolute atomic E-state index is 0.891. The third kappa shape index (κ3) is 2.71. The van der Waals surface area contributed by atoms with Gasteiger partial charge in [0.2, 0.25) is 0 Å². The molecule has 0 aliphatic carbocycles. The Morgan fingerprint density at radius 3 is 2.28 bits per heavy atom. The highest BCUT2D eigenvalue weighted by Crippen LogP contribution is 2.27. The highest BCUT2D eigenvalue weighted by Gasteiger charge is 2.06. The summed E-state index contributed by atoms with van der Waals surface area (Å²) in [6, 6.07) is 17.1. The van der Waals surface area contributed by atoms with Crippen LogP contribution in [0.4, 0.5) is 5.69 Å². The first-order chi connectivity index (χ1) is 8.72. The zero-order chi connectivity index (χ0) is 13.0. The van der Waals surface area contributed by atoms with Crippen molar-refractivity contribution in [3.8, 4) is 11.1 Å². The standard InChI is InChI=1S/C16H20N2/c1-17-12-15-10-9-14(11-16(15)18(2)3)13-7-5-4-6-8-13/h4-11,17H,12H2,1-3H3. The molecular weight excluding hydrogens is 220 g/mol. The van der Waals surface area contributed by atoms with Crippen molar-refractivity contribution in [2.24, 2.45) is 0 Å². The van der Waals surface area contributed by atoms with Crippen LogP contribution in [0.25, 0.3) is 11.1 Å². The molecule has 0 amide bonds. The predicted octanol–water partition coefficient (Wildman–Crippen LogP) is 3.14. The first kappa shape index (κ1) is 12.7. The van der Waals surface area contributed by atoms with Crippen LogP contribution < -0.4 is 10.2 Å². The van der Waals surface area contributed by atoms with Crippen molar-refractivity contribution in [2.45, 2.75) is 6.54 Å². The molecule has 0 spiro atoms. The maximum Gasteiger partial charge on any atom is 0.0412 e. The summed E-state index contributed by atoms with van der Waals surface area (Å²) in [7, 11) is 6.15. The van der Waals surface area contributed by atoms with Gasteiger partial charge in [-0.05, 0) is 29.8 Å². The van der Waals surface area contributed by atoms with Crippen molar-refractivity contribution in [1.82, 2.24) is 5.32 Å². The van der Waals surface area contributed by atoms with Crippen molar-refractivity contribution < 1.29 is 0 Å². The Labute approximate surface area is 109 Å². The van der Waals surface area contributed by atoms with Crippen molar-refractivity contribution in [3.63, 3.8) is 0 Å². The molecule has 2 aromatic rings. The highest BCUT2D eigenvalue weighted by molar-refractivity contribution is 5.70. The Bertz CT molecular complexity index is 504. The monoisotopic (exact) mass is 240 g/mol. The van der Waals surface area contributed by atoms with Gasteiger partial charge in [-0.15, -0.1) is 0 Å². The number of hydrogen-bond acceptors (Lipinski definition) is 2.